The van der Waals surface area contributed by atoms with Crippen molar-refractivity contribution in [3.63, 3.8) is 0 Å². The SMILES string of the molecule is CC(C)Oc1ccc(-c2nc3sc(C(C)C)nn3c2C#N)cc1. The van der Waals surface area contributed by atoms with Crippen LogP contribution in [-0.4, -0.2) is 20.7 Å². The summed E-state index contributed by atoms with van der Waals surface area (Å²) in [6.07, 6.45) is 0.132. The summed E-state index contributed by atoms with van der Waals surface area (Å²) in [5, 5.41) is 15.0. The van der Waals surface area contributed by atoms with Crippen LogP contribution in [0, 0.1) is 11.3 Å². The third-order valence-corrected chi connectivity index (χ3v) is 4.53. The Hall–Kier alpha value is -2.39. The number of aromatic nitrogens is 3. The van der Waals surface area contributed by atoms with Gasteiger partial charge in [-0.3, -0.25) is 0 Å². The predicted octanol–water partition coefficient (Wildman–Crippen LogP) is 4.24. The van der Waals surface area contributed by atoms with Crippen molar-refractivity contribution in [3.05, 3.63) is 35.0 Å². The molecule has 0 aliphatic rings. The van der Waals surface area contributed by atoms with Gasteiger partial charge in [0.25, 0.3) is 0 Å². The molecule has 0 aliphatic heterocycles. The van der Waals surface area contributed by atoms with E-state index in [0.29, 0.717) is 17.3 Å². The smallest absolute Gasteiger partial charge is 0.214 e. The maximum Gasteiger partial charge on any atom is 0.214 e. The average Bonchev–Trinajstić information content (AvgIpc) is 3.04. The molecule has 1 aromatic carbocycles. The molecule has 0 saturated carbocycles. The Balaban J connectivity index is 2.02. The third-order valence-electron chi connectivity index (χ3n) is 3.32. The highest BCUT2D eigenvalue weighted by atomic mass is 32.1. The molecule has 0 amide bonds. The Labute approximate surface area is 139 Å². The molecule has 0 aliphatic carbocycles. The Morgan fingerprint density at radius 3 is 2.43 bits per heavy atom. The number of hydrogen-bond donors (Lipinski definition) is 0. The van der Waals surface area contributed by atoms with Crippen LogP contribution in [0.4, 0.5) is 0 Å². The normalized spacial score (nSPS) is 11.3. The van der Waals surface area contributed by atoms with Gasteiger partial charge in [0.15, 0.2) is 5.69 Å². The van der Waals surface area contributed by atoms with Gasteiger partial charge in [0.05, 0.1) is 6.10 Å². The first-order valence-electron chi connectivity index (χ1n) is 7.56. The van der Waals surface area contributed by atoms with E-state index in [0.717, 1.165) is 21.3 Å². The van der Waals surface area contributed by atoms with E-state index in [1.165, 1.54) is 11.3 Å². The topological polar surface area (TPSA) is 63.2 Å². The number of ether oxygens (including phenoxy) is 1. The van der Waals surface area contributed by atoms with E-state index in [9.17, 15) is 5.26 Å². The van der Waals surface area contributed by atoms with E-state index < -0.39 is 0 Å². The maximum atomic E-state index is 9.52. The van der Waals surface area contributed by atoms with Crippen LogP contribution in [0.25, 0.3) is 16.2 Å². The van der Waals surface area contributed by atoms with Gasteiger partial charge in [-0.1, -0.05) is 25.2 Å². The Morgan fingerprint density at radius 1 is 1.17 bits per heavy atom. The summed E-state index contributed by atoms with van der Waals surface area (Å²) >= 11 is 1.53. The molecular weight excluding hydrogens is 308 g/mol. The van der Waals surface area contributed by atoms with Crippen LogP contribution >= 0.6 is 11.3 Å². The number of benzene rings is 1. The summed E-state index contributed by atoms with van der Waals surface area (Å²) in [4.78, 5) is 5.36. The molecule has 2 heterocycles. The molecule has 2 aromatic heterocycles. The van der Waals surface area contributed by atoms with Crippen molar-refractivity contribution >= 4 is 16.3 Å². The van der Waals surface area contributed by atoms with Gasteiger partial charge in [0.1, 0.15) is 22.5 Å². The second-order valence-electron chi connectivity index (χ2n) is 5.90. The lowest BCUT2D eigenvalue weighted by molar-refractivity contribution is 0.242. The highest BCUT2D eigenvalue weighted by Crippen LogP contribution is 2.30. The van der Waals surface area contributed by atoms with Crippen LogP contribution < -0.4 is 4.74 Å². The fourth-order valence-electron chi connectivity index (χ4n) is 2.26. The van der Waals surface area contributed by atoms with Crippen LogP contribution in [0.15, 0.2) is 24.3 Å². The van der Waals surface area contributed by atoms with Gasteiger partial charge in [-0.05, 0) is 38.1 Å². The average molecular weight is 326 g/mol. The van der Waals surface area contributed by atoms with E-state index in [4.69, 9.17) is 4.74 Å². The predicted molar refractivity (Wildman–Crippen MR) is 90.9 cm³/mol. The fourth-order valence-corrected chi connectivity index (χ4v) is 3.16. The lowest BCUT2D eigenvalue weighted by atomic mass is 10.1. The van der Waals surface area contributed by atoms with Crippen molar-refractivity contribution in [2.24, 2.45) is 0 Å². The van der Waals surface area contributed by atoms with Crippen LogP contribution in [0.1, 0.15) is 44.3 Å². The summed E-state index contributed by atoms with van der Waals surface area (Å²) < 4.78 is 7.29. The number of nitriles is 1. The van der Waals surface area contributed by atoms with Gasteiger partial charge >= 0.3 is 0 Å². The molecule has 23 heavy (non-hydrogen) atoms. The Bertz CT molecular complexity index is 869. The van der Waals surface area contributed by atoms with Crippen LogP contribution in [0.2, 0.25) is 0 Å². The van der Waals surface area contributed by atoms with Crippen LogP contribution in [0.3, 0.4) is 0 Å². The summed E-state index contributed by atoms with van der Waals surface area (Å²) in [5.74, 6) is 1.13. The first-order valence-corrected chi connectivity index (χ1v) is 8.38. The zero-order valence-electron chi connectivity index (χ0n) is 13.6. The van der Waals surface area contributed by atoms with Crippen molar-refractivity contribution in [1.82, 2.24) is 14.6 Å². The number of rotatable bonds is 4. The number of fused-ring (bicyclic) bond motifs is 1. The van der Waals surface area contributed by atoms with Gasteiger partial charge < -0.3 is 4.74 Å². The number of imidazole rings is 1. The lowest BCUT2D eigenvalue weighted by Crippen LogP contribution is -2.05. The molecule has 0 saturated heterocycles. The van der Waals surface area contributed by atoms with Gasteiger partial charge in [0, 0.05) is 11.5 Å². The molecule has 3 aromatic rings. The summed E-state index contributed by atoms with van der Waals surface area (Å²) in [5.41, 5.74) is 2.03. The number of nitrogens with zero attached hydrogens (tertiary/aromatic N) is 4. The van der Waals surface area contributed by atoms with E-state index >= 15 is 0 Å². The van der Waals surface area contributed by atoms with E-state index in [1.807, 2.05) is 38.1 Å². The van der Waals surface area contributed by atoms with Crippen molar-refractivity contribution in [2.45, 2.75) is 39.7 Å². The Kier molecular flexibility index (Phi) is 4.05. The highest BCUT2D eigenvalue weighted by Gasteiger charge is 2.18. The molecular formula is C17H18N4OS. The van der Waals surface area contributed by atoms with Gasteiger partial charge in [0.2, 0.25) is 4.96 Å². The minimum absolute atomic E-state index is 0.132. The molecule has 0 unspecified atom stereocenters. The molecule has 0 N–H and O–H groups in total. The third kappa shape index (κ3) is 2.92. The molecule has 0 fully saturated rings. The molecule has 6 heteroatoms. The molecule has 0 spiro atoms. The standard InChI is InChI=1S/C17H18N4OS/c1-10(2)16-20-21-14(9-18)15(19-17(21)23-16)12-5-7-13(8-6-12)22-11(3)4/h5-8,10-11H,1-4H3. The fraction of sp³-hybridized carbons (Fsp3) is 0.353. The molecule has 5 nitrogen and oxygen atoms in total. The van der Waals surface area contributed by atoms with Gasteiger partial charge in [-0.2, -0.15) is 14.9 Å². The monoisotopic (exact) mass is 326 g/mol. The van der Waals surface area contributed by atoms with Crippen molar-refractivity contribution < 1.29 is 4.74 Å². The van der Waals surface area contributed by atoms with Gasteiger partial charge in [-0.15, -0.1) is 0 Å². The maximum absolute atomic E-state index is 9.52. The first-order chi connectivity index (χ1) is 11.0. The summed E-state index contributed by atoms with van der Waals surface area (Å²) in [6, 6.07) is 9.88. The lowest BCUT2D eigenvalue weighted by Gasteiger charge is -2.09. The van der Waals surface area contributed by atoms with Crippen molar-refractivity contribution in [2.75, 3.05) is 0 Å². The molecule has 0 radical (unpaired) electrons. The molecule has 3 rings (SSSR count). The quantitative estimate of drug-likeness (QED) is 0.719. The van der Waals surface area contributed by atoms with Crippen molar-refractivity contribution in [1.29, 1.82) is 5.26 Å². The van der Waals surface area contributed by atoms with Gasteiger partial charge in [-0.25, -0.2) is 4.98 Å². The zero-order chi connectivity index (χ0) is 16.6. The molecule has 118 valence electrons. The summed E-state index contributed by atoms with van der Waals surface area (Å²) in [6.45, 7) is 8.14. The first kappa shape index (κ1) is 15.5. The highest BCUT2D eigenvalue weighted by molar-refractivity contribution is 7.16. The number of hydrogen-bond acceptors (Lipinski definition) is 5. The van der Waals surface area contributed by atoms with Crippen LogP contribution in [-0.2, 0) is 0 Å². The second kappa shape index (κ2) is 6.01. The minimum atomic E-state index is 0.132. The zero-order valence-corrected chi connectivity index (χ0v) is 14.4. The van der Waals surface area contributed by atoms with E-state index in [-0.39, 0.29) is 6.10 Å². The summed E-state index contributed by atoms with van der Waals surface area (Å²) in [7, 11) is 0. The van der Waals surface area contributed by atoms with Crippen molar-refractivity contribution in [3.8, 4) is 23.1 Å². The van der Waals surface area contributed by atoms with Crippen LogP contribution in [0.5, 0.6) is 5.75 Å². The minimum Gasteiger partial charge on any atom is -0.491 e. The Morgan fingerprint density at radius 2 is 1.87 bits per heavy atom. The van der Waals surface area contributed by atoms with E-state index in [2.05, 4.69) is 30.0 Å². The van der Waals surface area contributed by atoms with E-state index in [1.54, 1.807) is 4.52 Å². The largest absolute Gasteiger partial charge is 0.491 e. The molecule has 0 bridgehead atoms. The second-order valence-corrected chi connectivity index (χ2v) is 6.89. The molecule has 0 atom stereocenters.